The van der Waals surface area contributed by atoms with Gasteiger partial charge >= 0.3 is 17.9 Å². The van der Waals surface area contributed by atoms with Crippen LogP contribution in [0, 0.1) is 11.3 Å². The summed E-state index contributed by atoms with van der Waals surface area (Å²) in [6.45, 7) is 0. The van der Waals surface area contributed by atoms with Gasteiger partial charge in [-0.15, -0.1) is 0 Å². The van der Waals surface area contributed by atoms with Crippen molar-refractivity contribution in [2.45, 2.75) is 0 Å². The van der Waals surface area contributed by atoms with Gasteiger partial charge in [0.25, 0.3) is 0 Å². The van der Waals surface area contributed by atoms with Gasteiger partial charge in [0, 0.05) is 6.20 Å². The van der Waals surface area contributed by atoms with E-state index in [0.29, 0.717) is 0 Å². The van der Waals surface area contributed by atoms with E-state index >= 15 is 0 Å². The molecule has 1 heterocycles. The molecule has 1 aromatic heterocycles. The third-order valence-corrected chi connectivity index (χ3v) is 3.63. The number of carbonyl (C=O) groups excluding carboxylic acids is 3. The molecule has 0 saturated carbocycles. The van der Waals surface area contributed by atoms with Crippen LogP contribution in [-0.4, -0.2) is 43.8 Å². The Bertz CT molecular complexity index is 939. The van der Waals surface area contributed by atoms with Crippen LogP contribution >= 0.6 is 0 Å². The van der Waals surface area contributed by atoms with E-state index in [9.17, 15) is 19.6 Å². The molecule has 26 heavy (non-hydrogen) atoms. The molecule has 0 spiro atoms. The Balaban J connectivity index is 2.85. The Morgan fingerprint density at radius 2 is 1.65 bits per heavy atom. The fourth-order valence-electron chi connectivity index (χ4n) is 2.36. The van der Waals surface area contributed by atoms with Crippen LogP contribution in [0.1, 0.15) is 36.8 Å². The summed E-state index contributed by atoms with van der Waals surface area (Å²) in [6.07, 6.45) is 1.27. The molecule has 0 amide bonds. The first-order chi connectivity index (χ1) is 12.4. The molecule has 0 aliphatic carbocycles. The molecule has 0 aliphatic heterocycles. The minimum Gasteiger partial charge on any atom is -0.465 e. The number of anilines is 1. The molecule has 0 aliphatic rings. The highest BCUT2D eigenvalue weighted by atomic mass is 16.5. The molecule has 9 nitrogen and oxygen atoms in total. The molecule has 2 rings (SSSR count). The lowest BCUT2D eigenvalue weighted by molar-refractivity contribution is 0.0581. The maximum Gasteiger partial charge on any atom is 0.357 e. The summed E-state index contributed by atoms with van der Waals surface area (Å²) in [5.74, 6) is -2.18. The van der Waals surface area contributed by atoms with Crippen LogP contribution in [0.4, 0.5) is 5.69 Å². The molecule has 0 atom stereocenters. The quantitative estimate of drug-likeness (QED) is 0.639. The van der Waals surface area contributed by atoms with E-state index in [-0.39, 0.29) is 33.8 Å². The maximum atomic E-state index is 12.1. The number of nitriles is 1. The molecule has 0 saturated heterocycles. The molecule has 0 radical (unpaired) electrons. The van der Waals surface area contributed by atoms with Gasteiger partial charge in [-0.3, -0.25) is 0 Å². The number of aromatic nitrogens is 1. The standard InChI is InChI=1S/C17H15N3O6/c1-24-15(21)9-4-5-11(16(22)25-2)12(6-9)20-8-10(7-18)13(19)14(20)17(23)26-3/h4-6,8H,19H2,1-3H3. The zero-order valence-corrected chi connectivity index (χ0v) is 14.2. The molecule has 0 bridgehead atoms. The molecular formula is C17H15N3O6. The number of nitrogen functional groups attached to an aromatic ring is 1. The number of ether oxygens (including phenoxy) is 3. The average molecular weight is 357 g/mol. The third-order valence-electron chi connectivity index (χ3n) is 3.63. The molecule has 9 heteroatoms. The Morgan fingerprint density at radius 1 is 1.04 bits per heavy atom. The van der Waals surface area contributed by atoms with E-state index in [1.54, 1.807) is 0 Å². The van der Waals surface area contributed by atoms with Gasteiger partial charge in [0.15, 0.2) is 5.69 Å². The van der Waals surface area contributed by atoms with Crippen molar-refractivity contribution in [2.75, 3.05) is 27.1 Å². The number of nitrogens with zero attached hydrogens (tertiary/aromatic N) is 2. The van der Waals surface area contributed by atoms with Crippen LogP contribution in [0.3, 0.4) is 0 Å². The van der Waals surface area contributed by atoms with E-state index in [1.165, 1.54) is 43.2 Å². The number of hydrogen-bond donors (Lipinski definition) is 1. The van der Waals surface area contributed by atoms with Gasteiger partial charge in [-0.05, 0) is 18.2 Å². The number of benzene rings is 1. The average Bonchev–Trinajstić information content (AvgIpc) is 3.01. The summed E-state index contributed by atoms with van der Waals surface area (Å²) in [6, 6.07) is 5.90. The minimum atomic E-state index is -0.816. The third kappa shape index (κ3) is 3.08. The highest BCUT2D eigenvalue weighted by Gasteiger charge is 2.25. The predicted molar refractivity (Wildman–Crippen MR) is 88.9 cm³/mol. The van der Waals surface area contributed by atoms with E-state index in [1.807, 2.05) is 6.07 Å². The van der Waals surface area contributed by atoms with Crippen molar-refractivity contribution in [3.05, 3.63) is 46.8 Å². The largest absolute Gasteiger partial charge is 0.465 e. The summed E-state index contributed by atoms with van der Waals surface area (Å²) < 4.78 is 15.3. The second-order valence-corrected chi connectivity index (χ2v) is 4.99. The van der Waals surface area contributed by atoms with E-state index in [4.69, 9.17) is 15.2 Å². The summed E-state index contributed by atoms with van der Waals surface area (Å²) in [5.41, 5.74) is 5.87. The lowest BCUT2D eigenvalue weighted by atomic mass is 10.1. The van der Waals surface area contributed by atoms with Gasteiger partial charge in [-0.2, -0.15) is 5.26 Å². The van der Waals surface area contributed by atoms with Gasteiger partial charge < -0.3 is 24.5 Å². The topological polar surface area (TPSA) is 134 Å². The van der Waals surface area contributed by atoms with Gasteiger partial charge in [0.05, 0.1) is 49.4 Å². The molecule has 2 aromatic rings. The highest BCUT2D eigenvalue weighted by molar-refractivity contribution is 6.00. The van der Waals surface area contributed by atoms with Crippen LogP contribution in [0.25, 0.3) is 5.69 Å². The molecule has 134 valence electrons. The van der Waals surface area contributed by atoms with Crippen molar-refractivity contribution in [1.29, 1.82) is 5.26 Å². The number of methoxy groups -OCH3 is 3. The van der Waals surface area contributed by atoms with E-state index < -0.39 is 17.9 Å². The first-order valence-corrected chi connectivity index (χ1v) is 7.19. The highest BCUT2D eigenvalue weighted by Crippen LogP contribution is 2.28. The summed E-state index contributed by atoms with van der Waals surface area (Å²) in [5, 5.41) is 9.20. The van der Waals surface area contributed by atoms with Crippen LogP contribution in [0.5, 0.6) is 0 Å². The van der Waals surface area contributed by atoms with Crippen molar-refractivity contribution in [3.8, 4) is 11.8 Å². The monoisotopic (exact) mass is 357 g/mol. The predicted octanol–water partition coefficient (Wildman–Crippen LogP) is 1.29. The first kappa shape index (κ1) is 18.5. The number of esters is 3. The second-order valence-electron chi connectivity index (χ2n) is 4.99. The molecule has 1 aromatic carbocycles. The molecule has 0 fully saturated rings. The minimum absolute atomic E-state index is 0.00434. The molecular weight excluding hydrogens is 342 g/mol. The molecule has 2 N–H and O–H groups in total. The molecule has 0 unspecified atom stereocenters. The Morgan fingerprint density at radius 3 is 2.19 bits per heavy atom. The van der Waals surface area contributed by atoms with Gasteiger partial charge in [-0.25, -0.2) is 14.4 Å². The normalized spacial score (nSPS) is 9.92. The van der Waals surface area contributed by atoms with Gasteiger partial charge in [0.2, 0.25) is 0 Å². The fourth-order valence-corrected chi connectivity index (χ4v) is 2.36. The van der Waals surface area contributed by atoms with Crippen molar-refractivity contribution >= 4 is 23.6 Å². The first-order valence-electron chi connectivity index (χ1n) is 7.19. The maximum absolute atomic E-state index is 12.1. The lowest BCUT2D eigenvalue weighted by Crippen LogP contribution is -2.15. The van der Waals surface area contributed by atoms with Gasteiger partial charge in [-0.1, -0.05) is 0 Å². The SMILES string of the molecule is COC(=O)c1ccc(C(=O)OC)c(-n2cc(C#N)c(N)c2C(=O)OC)c1. The van der Waals surface area contributed by atoms with Crippen LogP contribution in [0.15, 0.2) is 24.4 Å². The van der Waals surface area contributed by atoms with Crippen molar-refractivity contribution in [3.63, 3.8) is 0 Å². The van der Waals surface area contributed by atoms with E-state index in [2.05, 4.69) is 4.74 Å². The van der Waals surface area contributed by atoms with Crippen LogP contribution < -0.4 is 5.73 Å². The van der Waals surface area contributed by atoms with Gasteiger partial charge in [0.1, 0.15) is 6.07 Å². The summed E-state index contributed by atoms with van der Waals surface area (Å²) in [4.78, 5) is 36.1. The van der Waals surface area contributed by atoms with Crippen molar-refractivity contribution < 1.29 is 28.6 Å². The second kappa shape index (κ2) is 7.40. The Labute approximate surface area is 148 Å². The number of rotatable bonds is 4. The van der Waals surface area contributed by atoms with Crippen molar-refractivity contribution in [1.82, 2.24) is 4.57 Å². The van der Waals surface area contributed by atoms with E-state index in [0.717, 1.165) is 7.11 Å². The number of hydrogen-bond acceptors (Lipinski definition) is 8. The van der Waals surface area contributed by atoms with Crippen LogP contribution in [0.2, 0.25) is 0 Å². The van der Waals surface area contributed by atoms with Crippen molar-refractivity contribution in [2.24, 2.45) is 0 Å². The Hall–Kier alpha value is -3.80. The number of nitrogens with two attached hydrogens (primary N) is 1. The number of carbonyl (C=O) groups is 3. The Kier molecular flexibility index (Phi) is 5.27. The smallest absolute Gasteiger partial charge is 0.357 e. The fraction of sp³-hybridized carbons (Fsp3) is 0.176. The summed E-state index contributed by atoms with van der Waals surface area (Å²) >= 11 is 0. The zero-order chi connectivity index (χ0) is 19.4. The van der Waals surface area contributed by atoms with Crippen LogP contribution in [-0.2, 0) is 14.2 Å². The zero-order valence-electron chi connectivity index (χ0n) is 14.2. The lowest BCUT2D eigenvalue weighted by Gasteiger charge is -2.13. The summed E-state index contributed by atoms with van der Waals surface area (Å²) in [7, 11) is 3.54.